The molecule has 1 aromatic rings. The van der Waals surface area contributed by atoms with Crippen LogP contribution >= 0.6 is 11.8 Å². The van der Waals surface area contributed by atoms with Gasteiger partial charge in [-0.25, -0.2) is 0 Å². The highest BCUT2D eigenvalue weighted by atomic mass is 32.2. The minimum absolute atomic E-state index is 0.485. The number of aromatic nitrogens is 2. The molecule has 6 heteroatoms. The Balaban J connectivity index is 1.91. The molecule has 1 aliphatic rings. The van der Waals surface area contributed by atoms with Gasteiger partial charge in [-0.2, -0.15) is 4.98 Å². The standard InChI is InChI=1S/C7H10N4OS/c1-5-3-13-7(10-5)8-2-6-9-4-12-11-6/h4-5H,2-3H2,1H3,(H,8,10). The summed E-state index contributed by atoms with van der Waals surface area (Å²) in [4.78, 5) is 8.17. The topological polar surface area (TPSA) is 63.3 Å². The van der Waals surface area contributed by atoms with E-state index in [1.165, 1.54) is 6.39 Å². The third-order valence-electron chi connectivity index (χ3n) is 1.61. The van der Waals surface area contributed by atoms with Gasteiger partial charge in [0.15, 0.2) is 11.0 Å². The predicted molar refractivity (Wildman–Crippen MR) is 50.5 cm³/mol. The first-order chi connectivity index (χ1) is 6.34. The van der Waals surface area contributed by atoms with E-state index in [0.717, 1.165) is 10.9 Å². The van der Waals surface area contributed by atoms with Crippen LogP contribution in [0.3, 0.4) is 0 Å². The van der Waals surface area contributed by atoms with Crippen LogP contribution in [0.4, 0.5) is 0 Å². The Bertz CT molecular complexity index is 297. The zero-order valence-electron chi connectivity index (χ0n) is 7.23. The zero-order chi connectivity index (χ0) is 9.10. The maximum absolute atomic E-state index is 4.59. The second kappa shape index (κ2) is 3.78. The second-order valence-corrected chi connectivity index (χ2v) is 3.83. The van der Waals surface area contributed by atoms with Crippen LogP contribution < -0.4 is 5.32 Å². The van der Waals surface area contributed by atoms with Crippen molar-refractivity contribution in [3.8, 4) is 0 Å². The maximum Gasteiger partial charge on any atom is 0.213 e. The monoisotopic (exact) mass is 198 g/mol. The molecule has 1 atom stereocenters. The largest absolute Gasteiger partial charge is 0.362 e. The van der Waals surface area contributed by atoms with Crippen molar-refractivity contribution >= 4 is 16.9 Å². The Morgan fingerprint density at radius 1 is 1.85 bits per heavy atom. The lowest BCUT2D eigenvalue weighted by molar-refractivity contribution is 0.410. The molecule has 0 amide bonds. The molecule has 2 rings (SSSR count). The molecule has 1 aliphatic heterocycles. The van der Waals surface area contributed by atoms with Crippen LogP contribution in [0.25, 0.3) is 0 Å². The molecule has 0 radical (unpaired) electrons. The summed E-state index contributed by atoms with van der Waals surface area (Å²) in [6, 6.07) is 0.508. The van der Waals surface area contributed by atoms with Crippen LogP contribution in [-0.4, -0.2) is 27.1 Å². The van der Waals surface area contributed by atoms with E-state index in [1.54, 1.807) is 11.8 Å². The van der Waals surface area contributed by atoms with Crippen LogP contribution in [0.15, 0.2) is 15.9 Å². The minimum atomic E-state index is 0.485. The first-order valence-corrected chi connectivity index (χ1v) is 5.02. The Labute approximate surface area is 80.0 Å². The molecular formula is C7H10N4OS. The number of hydrogen-bond donors (Lipinski definition) is 1. The summed E-state index contributed by atoms with van der Waals surface area (Å²) < 4.78 is 4.59. The number of aliphatic imine (C=N–C) groups is 1. The third-order valence-corrected chi connectivity index (χ3v) is 2.80. The quantitative estimate of drug-likeness (QED) is 0.756. The van der Waals surface area contributed by atoms with Gasteiger partial charge in [0, 0.05) is 11.8 Å². The molecule has 0 saturated carbocycles. The number of nitrogens with one attached hydrogen (secondary N) is 1. The first kappa shape index (κ1) is 8.55. The van der Waals surface area contributed by atoms with Crippen molar-refractivity contribution in [3.05, 3.63) is 12.2 Å². The van der Waals surface area contributed by atoms with E-state index in [1.807, 2.05) is 0 Å². The molecule has 70 valence electrons. The van der Waals surface area contributed by atoms with Gasteiger partial charge in [-0.3, -0.25) is 4.99 Å². The van der Waals surface area contributed by atoms with E-state index in [4.69, 9.17) is 0 Å². The maximum atomic E-state index is 4.59. The lowest BCUT2D eigenvalue weighted by atomic mass is 10.4. The number of hydrogen-bond acceptors (Lipinski definition) is 5. The van der Waals surface area contributed by atoms with E-state index in [2.05, 4.69) is 31.9 Å². The first-order valence-electron chi connectivity index (χ1n) is 4.03. The highest BCUT2D eigenvalue weighted by Gasteiger charge is 2.14. The van der Waals surface area contributed by atoms with Crippen LogP contribution in [0.5, 0.6) is 0 Å². The molecule has 0 aliphatic carbocycles. The summed E-state index contributed by atoms with van der Waals surface area (Å²) in [7, 11) is 0. The van der Waals surface area contributed by atoms with Gasteiger partial charge < -0.3 is 9.84 Å². The average Bonchev–Trinajstić information content (AvgIpc) is 2.71. The van der Waals surface area contributed by atoms with Crippen LogP contribution in [-0.2, 0) is 6.54 Å². The lowest BCUT2D eigenvalue weighted by Gasteiger charge is -1.99. The van der Waals surface area contributed by atoms with Crippen molar-refractivity contribution < 1.29 is 4.52 Å². The minimum Gasteiger partial charge on any atom is -0.362 e. The molecule has 5 nitrogen and oxygen atoms in total. The summed E-state index contributed by atoms with van der Waals surface area (Å²) >= 11 is 1.73. The fraction of sp³-hybridized carbons (Fsp3) is 0.571. The van der Waals surface area contributed by atoms with Gasteiger partial charge in [0.2, 0.25) is 6.39 Å². The summed E-state index contributed by atoms with van der Waals surface area (Å²) in [5.74, 6) is 1.69. The van der Waals surface area contributed by atoms with Gasteiger partial charge in [-0.15, -0.1) is 0 Å². The fourth-order valence-electron chi connectivity index (χ4n) is 0.994. The number of thioether (sulfide) groups is 1. The highest BCUT2D eigenvalue weighted by molar-refractivity contribution is 8.14. The molecule has 0 bridgehead atoms. The summed E-state index contributed by atoms with van der Waals surface area (Å²) in [6.45, 7) is 2.61. The van der Waals surface area contributed by atoms with Gasteiger partial charge in [0.1, 0.15) is 6.54 Å². The van der Waals surface area contributed by atoms with Crippen LogP contribution in [0, 0.1) is 0 Å². The Hall–Kier alpha value is -1.04. The van der Waals surface area contributed by atoms with Crippen molar-refractivity contribution in [2.45, 2.75) is 19.5 Å². The summed E-state index contributed by atoms with van der Waals surface area (Å²) in [5, 5.41) is 7.88. The molecule has 13 heavy (non-hydrogen) atoms. The Morgan fingerprint density at radius 3 is 3.38 bits per heavy atom. The number of nitrogens with zero attached hydrogens (tertiary/aromatic N) is 3. The van der Waals surface area contributed by atoms with Crippen LogP contribution in [0.1, 0.15) is 12.7 Å². The predicted octanol–water partition coefficient (Wildman–Crippen LogP) is 0.650. The van der Waals surface area contributed by atoms with Crippen molar-refractivity contribution in [1.29, 1.82) is 0 Å². The number of rotatable bonds is 2. The van der Waals surface area contributed by atoms with E-state index in [9.17, 15) is 0 Å². The summed E-state index contributed by atoms with van der Waals surface area (Å²) in [5.41, 5.74) is 0. The van der Waals surface area contributed by atoms with Crippen molar-refractivity contribution in [1.82, 2.24) is 15.5 Å². The van der Waals surface area contributed by atoms with Gasteiger partial charge in [0.25, 0.3) is 0 Å². The fourth-order valence-corrected chi connectivity index (χ4v) is 1.93. The third kappa shape index (κ3) is 2.21. The van der Waals surface area contributed by atoms with Gasteiger partial charge >= 0.3 is 0 Å². The van der Waals surface area contributed by atoms with E-state index in [-0.39, 0.29) is 0 Å². The number of amidine groups is 1. The lowest BCUT2D eigenvalue weighted by Crippen LogP contribution is -2.23. The smallest absolute Gasteiger partial charge is 0.213 e. The molecule has 0 aromatic carbocycles. The average molecular weight is 198 g/mol. The molecule has 1 unspecified atom stereocenters. The molecule has 1 saturated heterocycles. The summed E-state index contributed by atoms with van der Waals surface area (Å²) in [6.07, 6.45) is 1.31. The van der Waals surface area contributed by atoms with Gasteiger partial charge in [-0.05, 0) is 6.92 Å². The van der Waals surface area contributed by atoms with Crippen LogP contribution in [0.2, 0.25) is 0 Å². The molecular weight excluding hydrogens is 188 g/mol. The van der Waals surface area contributed by atoms with Crippen molar-refractivity contribution in [3.63, 3.8) is 0 Å². The van der Waals surface area contributed by atoms with Gasteiger partial charge in [0.05, 0.1) is 0 Å². The van der Waals surface area contributed by atoms with E-state index >= 15 is 0 Å². The molecule has 0 spiro atoms. The zero-order valence-corrected chi connectivity index (χ0v) is 8.04. The second-order valence-electron chi connectivity index (χ2n) is 2.83. The van der Waals surface area contributed by atoms with E-state index in [0.29, 0.717) is 18.4 Å². The van der Waals surface area contributed by atoms with Crippen molar-refractivity contribution in [2.24, 2.45) is 4.99 Å². The van der Waals surface area contributed by atoms with Crippen molar-refractivity contribution in [2.75, 3.05) is 5.75 Å². The molecule has 1 fully saturated rings. The SMILES string of the molecule is CC1CSC(=NCc2ncon2)N1. The highest BCUT2D eigenvalue weighted by Crippen LogP contribution is 2.13. The Kier molecular flexibility index (Phi) is 2.49. The normalized spacial score (nSPS) is 25.0. The van der Waals surface area contributed by atoms with E-state index < -0.39 is 0 Å². The van der Waals surface area contributed by atoms with Gasteiger partial charge in [-0.1, -0.05) is 16.9 Å². The Morgan fingerprint density at radius 2 is 2.77 bits per heavy atom. The molecule has 2 heterocycles. The molecule has 1 N–H and O–H groups in total. The molecule has 1 aromatic heterocycles.